The molecular weight excluding hydrogens is 501 g/mol. The summed E-state index contributed by atoms with van der Waals surface area (Å²) in [6.45, 7) is 4.34. The molecule has 1 fully saturated rings. The predicted octanol–water partition coefficient (Wildman–Crippen LogP) is 1.98. The van der Waals surface area contributed by atoms with Gasteiger partial charge < -0.3 is 15.1 Å². The highest BCUT2D eigenvalue weighted by atomic mass is 127. The first-order chi connectivity index (χ1) is 13.6. The summed E-state index contributed by atoms with van der Waals surface area (Å²) in [5.74, 6) is 0.798. The monoisotopic (exact) mass is 529 g/mol. The van der Waals surface area contributed by atoms with E-state index in [9.17, 15) is 8.42 Å². The van der Waals surface area contributed by atoms with E-state index in [2.05, 4.69) is 49.1 Å². The summed E-state index contributed by atoms with van der Waals surface area (Å²) in [4.78, 5) is 9.17. The van der Waals surface area contributed by atoms with Crippen LogP contribution in [0.3, 0.4) is 0 Å². The number of sulfonamides is 1. The molecule has 0 amide bonds. The fourth-order valence-electron chi connectivity index (χ4n) is 3.19. The van der Waals surface area contributed by atoms with E-state index in [4.69, 9.17) is 0 Å². The Balaban J connectivity index is 0.00000300. The zero-order valence-electron chi connectivity index (χ0n) is 16.5. The van der Waals surface area contributed by atoms with Crippen LogP contribution < -0.4 is 14.9 Å². The van der Waals surface area contributed by atoms with Crippen LogP contribution in [0.1, 0.15) is 0 Å². The number of anilines is 1. The Labute approximate surface area is 190 Å². The van der Waals surface area contributed by atoms with Crippen molar-refractivity contribution in [3.63, 3.8) is 0 Å². The molecule has 158 valence electrons. The molecule has 0 radical (unpaired) electrons. The molecule has 9 heteroatoms. The van der Waals surface area contributed by atoms with Gasteiger partial charge in [-0.2, -0.15) is 0 Å². The van der Waals surface area contributed by atoms with Gasteiger partial charge in [0.25, 0.3) is 0 Å². The van der Waals surface area contributed by atoms with Gasteiger partial charge in [0, 0.05) is 52.0 Å². The first-order valence-electron chi connectivity index (χ1n) is 9.40. The molecule has 1 aliphatic heterocycles. The van der Waals surface area contributed by atoms with Gasteiger partial charge in [0.1, 0.15) is 0 Å². The molecule has 3 rings (SSSR count). The van der Waals surface area contributed by atoms with Crippen molar-refractivity contribution in [1.29, 1.82) is 0 Å². The number of rotatable bonds is 6. The quantitative estimate of drug-likeness (QED) is 0.259. The minimum atomic E-state index is -3.48. The normalized spacial score (nSPS) is 15.0. The summed E-state index contributed by atoms with van der Waals surface area (Å²) >= 11 is 0. The number of aliphatic imine (C=N–C) groups is 1. The first-order valence-corrected chi connectivity index (χ1v) is 10.9. The molecule has 0 atom stereocenters. The number of guanidine groups is 1. The lowest BCUT2D eigenvalue weighted by Gasteiger charge is -2.37. The SMILES string of the molecule is CN=C(NCCNS(=O)(=O)c1ccccc1)N1CCN(c2ccccc2)CC1.I. The third kappa shape index (κ3) is 6.58. The lowest BCUT2D eigenvalue weighted by molar-refractivity contribution is 0.373. The molecule has 0 bridgehead atoms. The predicted molar refractivity (Wildman–Crippen MR) is 129 cm³/mol. The van der Waals surface area contributed by atoms with Gasteiger partial charge in [-0.3, -0.25) is 4.99 Å². The summed E-state index contributed by atoms with van der Waals surface area (Å²) in [5, 5.41) is 3.25. The van der Waals surface area contributed by atoms with Crippen molar-refractivity contribution in [2.24, 2.45) is 4.99 Å². The van der Waals surface area contributed by atoms with Crippen LogP contribution in [0.15, 0.2) is 70.6 Å². The van der Waals surface area contributed by atoms with E-state index < -0.39 is 10.0 Å². The highest BCUT2D eigenvalue weighted by molar-refractivity contribution is 14.0. The molecule has 0 unspecified atom stereocenters. The highest BCUT2D eigenvalue weighted by Gasteiger charge is 2.19. The van der Waals surface area contributed by atoms with E-state index in [-0.39, 0.29) is 28.9 Å². The van der Waals surface area contributed by atoms with Gasteiger partial charge in [0.05, 0.1) is 4.90 Å². The summed E-state index contributed by atoms with van der Waals surface area (Å²) < 4.78 is 27.1. The van der Waals surface area contributed by atoms with Crippen LogP contribution in [-0.4, -0.2) is 65.6 Å². The van der Waals surface area contributed by atoms with Crippen molar-refractivity contribution in [3.8, 4) is 0 Å². The highest BCUT2D eigenvalue weighted by Crippen LogP contribution is 2.15. The average Bonchev–Trinajstić information content (AvgIpc) is 2.75. The number of nitrogens with one attached hydrogen (secondary N) is 2. The topological polar surface area (TPSA) is 77.0 Å². The maximum absolute atomic E-state index is 12.2. The zero-order chi connectivity index (χ0) is 19.8. The molecular formula is C20H28IN5O2S. The van der Waals surface area contributed by atoms with E-state index in [0.29, 0.717) is 13.1 Å². The number of piperazine rings is 1. The van der Waals surface area contributed by atoms with Crippen molar-refractivity contribution in [1.82, 2.24) is 14.9 Å². The lowest BCUT2D eigenvalue weighted by Crippen LogP contribution is -2.53. The Hall–Kier alpha value is -1.85. The summed E-state index contributed by atoms with van der Waals surface area (Å²) in [7, 11) is -1.73. The number of para-hydroxylation sites is 1. The Bertz CT molecular complexity index is 870. The van der Waals surface area contributed by atoms with Crippen molar-refractivity contribution >= 4 is 45.6 Å². The number of benzene rings is 2. The summed E-state index contributed by atoms with van der Waals surface area (Å²) in [6, 6.07) is 18.8. The van der Waals surface area contributed by atoms with Crippen LogP contribution in [0.2, 0.25) is 0 Å². The van der Waals surface area contributed by atoms with Crippen LogP contribution in [0.5, 0.6) is 0 Å². The van der Waals surface area contributed by atoms with Crippen LogP contribution in [-0.2, 0) is 10.0 Å². The van der Waals surface area contributed by atoms with Gasteiger partial charge in [0.2, 0.25) is 10.0 Å². The molecule has 1 heterocycles. The first kappa shape index (κ1) is 23.4. The van der Waals surface area contributed by atoms with Gasteiger partial charge in [-0.1, -0.05) is 36.4 Å². The zero-order valence-corrected chi connectivity index (χ0v) is 19.6. The second kappa shape index (κ2) is 11.4. The molecule has 1 saturated heterocycles. The van der Waals surface area contributed by atoms with E-state index in [0.717, 1.165) is 32.1 Å². The number of halogens is 1. The number of hydrogen-bond acceptors (Lipinski definition) is 4. The fourth-order valence-corrected chi connectivity index (χ4v) is 4.24. The summed E-state index contributed by atoms with van der Waals surface area (Å²) in [5.41, 5.74) is 1.24. The Morgan fingerprint density at radius 2 is 1.52 bits per heavy atom. The molecule has 7 nitrogen and oxygen atoms in total. The Kier molecular flexibility index (Phi) is 9.18. The van der Waals surface area contributed by atoms with E-state index in [1.165, 1.54) is 5.69 Å². The van der Waals surface area contributed by atoms with Crippen LogP contribution in [0.4, 0.5) is 5.69 Å². The molecule has 0 aliphatic carbocycles. The lowest BCUT2D eigenvalue weighted by atomic mass is 10.2. The van der Waals surface area contributed by atoms with E-state index in [1.807, 2.05) is 6.07 Å². The molecule has 0 saturated carbocycles. The van der Waals surface area contributed by atoms with Gasteiger partial charge in [0.15, 0.2) is 5.96 Å². The fraction of sp³-hybridized carbons (Fsp3) is 0.350. The third-order valence-corrected chi connectivity index (χ3v) is 6.14. The van der Waals surface area contributed by atoms with E-state index in [1.54, 1.807) is 37.4 Å². The van der Waals surface area contributed by atoms with E-state index >= 15 is 0 Å². The van der Waals surface area contributed by atoms with Crippen molar-refractivity contribution < 1.29 is 8.42 Å². The molecule has 2 N–H and O–H groups in total. The van der Waals surface area contributed by atoms with Crippen LogP contribution in [0, 0.1) is 0 Å². The largest absolute Gasteiger partial charge is 0.368 e. The van der Waals surface area contributed by atoms with Crippen molar-refractivity contribution in [2.75, 3.05) is 51.2 Å². The van der Waals surface area contributed by atoms with Crippen LogP contribution >= 0.6 is 24.0 Å². The molecule has 2 aromatic rings. The smallest absolute Gasteiger partial charge is 0.240 e. The molecule has 0 aromatic heterocycles. The van der Waals surface area contributed by atoms with Gasteiger partial charge >= 0.3 is 0 Å². The maximum atomic E-state index is 12.2. The number of nitrogens with zero attached hydrogens (tertiary/aromatic N) is 3. The van der Waals surface area contributed by atoms with Gasteiger partial charge in [-0.25, -0.2) is 13.1 Å². The second-order valence-electron chi connectivity index (χ2n) is 6.49. The minimum absolute atomic E-state index is 0. The second-order valence-corrected chi connectivity index (χ2v) is 8.26. The standard InChI is InChI=1S/C20H27N5O2S.HI/c1-21-20(22-12-13-23-28(26,27)19-10-6-3-7-11-19)25-16-14-24(15-17-25)18-8-4-2-5-9-18;/h2-11,23H,12-17H2,1H3,(H,21,22);1H. The third-order valence-electron chi connectivity index (χ3n) is 4.67. The minimum Gasteiger partial charge on any atom is -0.368 e. The average molecular weight is 529 g/mol. The molecule has 1 aliphatic rings. The Morgan fingerprint density at radius 3 is 2.10 bits per heavy atom. The Morgan fingerprint density at radius 1 is 0.931 bits per heavy atom. The van der Waals surface area contributed by atoms with Gasteiger partial charge in [-0.15, -0.1) is 24.0 Å². The van der Waals surface area contributed by atoms with Crippen molar-refractivity contribution in [3.05, 3.63) is 60.7 Å². The van der Waals surface area contributed by atoms with Gasteiger partial charge in [-0.05, 0) is 24.3 Å². The molecule has 2 aromatic carbocycles. The molecule has 29 heavy (non-hydrogen) atoms. The maximum Gasteiger partial charge on any atom is 0.240 e. The van der Waals surface area contributed by atoms with Crippen molar-refractivity contribution in [2.45, 2.75) is 4.90 Å². The number of hydrogen-bond donors (Lipinski definition) is 2. The van der Waals surface area contributed by atoms with Crippen LogP contribution in [0.25, 0.3) is 0 Å². The molecule has 0 spiro atoms. The summed E-state index contributed by atoms with van der Waals surface area (Å²) in [6.07, 6.45) is 0.